The minimum Gasteiger partial charge on any atom is -0.491 e. The van der Waals surface area contributed by atoms with Crippen LogP contribution in [0.25, 0.3) is 0 Å². The number of aliphatic hydroxyl groups is 1. The van der Waals surface area contributed by atoms with Crippen molar-refractivity contribution in [2.45, 2.75) is 53.0 Å². The summed E-state index contributed by atoms with van der Waals surface area (Å²) < 4.78 is 105. The van der Waals surface area contributed by atoms with E-state index in [1.165, 1.54) is 25.2 Å². The molecule has 0 aromatic heterocycles. The van der Waals surface area contributed by atoms with Gasteiger partial charge < -0.3 is 19.9 Å². The molecule has 4 rings (SSSR count). The van der Waals surface area contributed by atoms with Crippen LogP contribution in [0.2, 0.25) is 5.02 Å². The molecule has 2 aliphatic rings. The quantitative estimate of drug-likeness (QED) is 0.361. The highest BCUT2D eigenvalue weighted by molar-refractivity contribution is 7.89. The molecule has 1 unspecified atom stereocenters. The second-order valence-corrected chi connectivity index (χ2v) is 14.2. The summed E-state index contributed by atoms with van der Waals surface area (Å²) in [7, 11) is -6.58. The van der Waals surface area contributed by atoms with Crippen LogP contribution >= 0.6 is 11.6 Å². The molecule has 2 atom stereocenters. The van der Waals surface area contributed by atoms with Crippen LogP contribution in [-0.2, 0) is 31.0 Å². The lowest BCUT2D eigenvalue weighted by atomic mass is 9.88. The van der Waals surface area contributed by atoms with E-state index in [2.05, 4.69) is 10.0 Å². The molecular weight excluding hydrogens is 611 g/mol. The van der Waals surface area contributed by atoms with Crippen LogP contribution in [0.4, 0.5) is 13.2 Å². The Hall–Kier alpha value is -1.98. The Morgan fingerprint density at radius 2 is 1.88 bits per heavy atom. The Kier molecular flexibility index (Phi) is 9.60. The highest BCUT2D eigenvalue weighted by atomic mass is 35.5. The Morgan fingerprint density at radius 1 is 1.17 bits per heavy atom. The van der Waals surface area contributed by atoms with Crippen molar-refractivity contribution < 1.29 is 44.6 Å². The molecule has 2 saturated heterocycles. The lowest BCUT2D eigenvalue weighted by Gasteiger charge is -2.38. The summed E-state index contributed by atoms with van der Waals surface area (Å²) in [5, 5.41) is 13.3. The van der Waals surface area contributed by atoms with Crippen LogP contribution in [0.1, 0.15) is 24.8 Å². The number of benzene rings is 2. The number of nitrogens with one attached hydrogen (secondary N) is 2. The minimum absolute atomic E-state index is 0.0373. The van der Waals surface area contributed by atoms with Crippen LogP contribution < -0.4 is 14.8 Å². The Bertz CT molecular complexity index is 1450. The van der Waals surface area contributed by atoms with Gasteiger partial charge in [-0.3, -0.25) is 0 Å². The average molecular weight is 642 g/mol. The van der Waals surface area contributed by atoms with Crippen molar-refractivity contribution in [2.75, 3.05) is 39.9 Å². The number of piperidine rings is 1. The molecule has 0 radical (unpaired) electrons. The fourth-order valence-electron chi connectivity index (χ4n) is 4.88. The average Bonchev–Trinajstić information content (AvgIpc) is 3.32. The molecule has 2 fully saturated rings. The summed E-state index contributed by atoms with van der Waals surface area (Å²) in [6.07, 6.45) is -4.36. The third-order valence-corrected chi connectivity index (χ3v) is 11.0. The Morgan fingerprint density at radius 3 is 2.54 bits per heavy atom. The number of ether oxygens (including phenoxy) is 2. The highest BCUT2D eigenvalue weighted by Gasteiger charge is 2.45. The van der Waals surface area contributed by atoms with Crippen molar-refractivity contribution in [3.05, 3.63) is 53.1 Å². The second-order valence-electron chi connectivity index (χ2n) is 10.00. The molecule has 0 amide bonds. The normalized spacial score (nSPS) is 20.8. The van der Waals surface area contributed by atoms with Crippen molar-refractivity contribution in [1.82, 2.24) is 14.3 Å². The summed E-state index contributed by atoms with van der Waals surface area (Å²) in [4.78, 5) is -0.543. The van der Waals surface area contributed by atoms with Crippen molar-refractivity contribution in [1.29, 1.82) is 0 Å². The van der Waals surface area contributed by atoms with Gasteiger partial charge in [0, 0.05) is 31.7 Å². The van der Waals surface area contributed by atoms with Crippen LogP contribution in [0, 0.1) is 0 Å². The fourth-order valence-corrected chi connectivity index (χ4v) is 7.58. The van der Waals surface area contributed by atoms with E-state index in [1.807, 2.05) is 0 Å². The SMILES string of the molecule is CNS(=O)(=O)c1cccc(OC[C@@H](O)CNC2COC3(CCN(S(=O)(=O)c4cc(C(F)(F)F)ccc4Cl)CC3)C2)c1. The van der Waals surface area contributed by atoms with Gasteiger partial charge in [0.1, 0.15) is 23.4 Å². The van der Waals surface area contributed by atoms with E-state index >= 15 is 0 Å². The Labute approximate surface area is 241 Å². The van der Waals surface area contributed by atoms with Gasteiger partial charge in [0.25, 0.3) is 0 Å². The molecule has 1 spiro atoms. The van der Waals surface area contributed by atoms with Crippen molar-refractivity contribution >= 4 is 31.6 Å². The molecule has 16 heteroatoms. The van der Waals surface area contributed by atoms with Crippen LogP contribution in [0.5, 0.6) is 5.75 Å². The van der Waals surface area contributed by atoms with E-state index < -0.39 is 48.4 Å². The van der Waals surface area contributed by atoms with Gasteiger partial charge in [-0.15, -0.1) is 0 Å². The summed E-state index contributed by atoms with van der Waals surface area (Å²) in [5.74, 6) is 0.289. The summed E-state index contributed by atoms with van der Waals surface area (Å²) >= 11 is 5.98. The van der Waals surface area contributed by atoms with Crippen molar-refractivity contribution in [3.8, 4) is 5.75 Å². The zero-order valence-corrected chi connectivity index (χ0v) is 24.4. The molecule has 228 valence electrons. The van der Waals surface area contributed by atoms with E-state index in [-0.39, 0.29) is 48.0 Å². The molecule has 41 heavy (non-hydrogen) atoms. The number of alkyl halides is 3. The predicted octanol–water partition coefficient (Wildman–Crippen LogP) is 2.61. The summed E-state index contributed by atoms with van der Waals surface area (Å²) in [6.45, 7) is 0.539. The number of nitrogens with zero attached hydrogens (tertiary/aromatic N) is 1. The molecule has 2 heterocycles. The Balaban J connectivity index is 1.27. The monoisotopic (exact) mass is 641 g/mol. The van der Waals surface area contributed by atoms with Gasteiger partial charge >= 0.3 is 6.18 Å². The zero-order chi connectivity index (χ0) is 30.1. The fraction of sp³-hybridized carbons (Fsp3) is 0.520. The zero-order valence-electron chi connectivity index (χ0n) is 22.0. The van der Waals surface area contributed by atoms with Crippen molar-refractivity contribution in [2.24, 2.45) is 0 Å². The standard InChI is InChI=1S/C25H31ClF3N3O7S2/c1-30-40(34,35)21-4-2-3-20(12-21)38-16-19(33)14-31-18-13-24(39-15-18)7-9-32(10-8-24)41(36,37)23-11-17(25(27,28)29)5-6-22(23)26/h2-6,11-12,18-19,30-31,33H,7-10,13-16H2,1H3/t18?,19-/m0/s1. The van der Waals surface area contributed by atoms with E-state index in [0.29, 0.717) is 31.9 Å². The van der Waals surface area contributed by atoms with E-state index in [9.17, 15) is 35.1 Å². The first-order valence-electron chi connectivity index (χ1n) is 12.7. The minimum atomic E-state index is -4.71. The van der Waals surface area contributed by atoms with Gasteiger partial charge in [-0.05, 0) is 56.6 Å². The molecular formula is C25H31ClF3N3O7S2. The molecule has 0 aliphatic carbocycles. The first-order chi connectivity index (χ1) is 19.1. The molecule has 2 aromatic rings. The number of halogens is 4. The van der Waals surface area contributed by atoms with Gasteiger partial charge in [0.15, 0.2) is 0 Å². The third-order valence-electron chi connectivity index (χ3n) is 7.19. The number of rotatable bonds is 10. The number of hydrogen-bond acceptors (Lipinski definition) is 8. The van der Waals surface area contributed by atoms with Gasteiger partial charge in [0.05, 0.1) is 27.7 Å². The number of hydrogen-bond donors (Lipinski definition) is 3. The molecule has 0 saturated carbocycles. The maximum Gasteiger partial charge on any atom is 0.416 e. The molecule has 0 bridgehead atoms. The van der Waals surface area contributed by atoms with E-state index in [4.69, 9.17) is 21.1 Å². The van der Waals surface area contributed by atoms with Crippen LogP contribution in [0.15, 0.2) is 52.3 Å². The van der Waals surface area contributed by atoms with Crippen molar-refractivity contribution in [3.63, 3.8) is 0 Å². The topological polar surface area (TPSA) is 134 Å². The highest BCUT2D eigenvalue weighted by Crippen LogP contribution is 2.39. The van der Waals surface area contributed by atoms with Gasteiger partial charge in [0.2, 0.25) is 20.0 Å². The third kappa shape index (κ3) is 7.51. The first kappa shape index (κ1) is 31.9. The van der Waals surface area contributed by atoms with Gasteiger partial charge in [-0.25, -0.2) is 21.6 Å². The predicted molar refractivity (Wildman–Crippen MR) is 144 cm³/mol. The van der Waals surface area contributed by atoms with Gasteiger partial charge in [-0.1, -0.05) is 17.7 Å². The smallest absolute Gasteiger partial charge is 0.416 e. The molecule has 10 nitrogen and oxygen atoms in total. The summed E-state index contributed by atoms with van der Waals surface area (Å²) in [5.41, 5.74) is -1.69. The van der Waals surface area contributed by atoms with Crippen LogP contribution in [0.3, 0.4) is 0 Å². The number of sulfonamides is 2. The van der Waals surface area contributed by atoms with Crippen LogP contribution in [-0.4, -0.2) is 83.9 Å². The molecule has 3 N–H and O–H groups in total. The summed E-state index contributed by atoms with van der Waals surface area (Å²) in [6, 6.07) is 8.01. The first-order valence-corrected chi connectivity index (χ1v) is 16.0. The van der Waals surface area contributed by atoms with E-state index in [0.717, 1.165) is 16.4 Å². The van der Waals surface area contributed by atoms with E-state index in [1.54, 1.807) is 6.07 Å². The molecule has 2 aliphatic heterocycles. The second kappa shape index (κ2) is 12.3. The number of aliphatic hydroxyl groups excluding tert-OH is 1. The lowest BCUT2D eigenvalue weighted by molar-refractivity contribution is -0.137. The molecule has 2 aromatic carbocycles. The maximum atomic E-state index is 13.1. The van der Waals surface area contributed by atoms with Gasteiger partial charge in [-0.2, -0.15) is 17.5 Å². The largest absolute Gasteiger partial charge is 0.491 e. The maximum absolute atomic E-state index is 13.1. The lowest BCUT2D eigenvalue weighted by Crippen LogP contribution is -2.47.